The quantitative estimate of drug-likeness (QED) is 0.477. The molecule has 0 aromatic rings. The predicted molar refractivity (Wildman–Crippen MR) is 45.8 cm³/mol. The Kier molecular flexibility index (Phi) is 6.33. The van der Waals surface area contributed by atoms with Crippen LogP contribution in [0.1, 0.15) is 26.7 Å². The summed E-state index contributed by atoms with van der Waals surface area (Å²) < 4.78 is 4.83. The molecule has 0 saturated carbocycles. The second-order valence-electron chi connectivity index (χ2n) is 2.55. The van der Waals surface area contributed by atoms with Crippen molar-refractivity contribution in [3.8, 4) is 0 Å². The maximum absolute atomic E-state index is 11.0. The number of esters is 1. The zero-order valence-electron chi connectivity index (χ0n) is 7.10. The molecule has 0 amide bonds. The van der Waals surface area contributed by atoms with E-state index in [0.717, 1.165) is 12.8 Å². The molecule has 0 spiro atoms. The van der Waals surface area contributed by atoms with E-state index < -0.39 is 0 Å². The highest BCUT2D eigenvalue weighted by atomic mass is 35.5. The van der Waals surface area contributed by atoms with Crippen LogP contribution in [0.2, 0.25) is 0 Å². The Bertz CT molecular complexity index is 115. The Morgan fingerprint density at radius 1 is 1.64 bits per heavy atom. The van der Waals surface area contributed by atoms with Crippen molar-refractivity contribution in [2.75, 3.05) is 12.5 Å². The highest BCUT2D eigenvalue weighted by Crippen LogP contribution is 2.06. The number of ether oxygens (including phenoxy) is 1. The zero-order valence-corrected chi connectivity index (χ0v) is 7.86. The van der Waals surface area contributed by atoms with Gasteiger partial charge in [-0.15, -0.1) is 11.6 Å². The van der Waals surface area contributed by atoms with Gasteiger partial charge < -0.3 is 4.74 Å². The number of halogens is 1. The molecular formula is C8H15ClO2. The molecule has 66 valence electrons. The minimum Gasteiger partial charge on any atom is -0.464 e. The Labute approximate surface area is 72.9 Å². The third kappa shape index (κ3) is 5.08. The number of hydrogen-bond donors (Lipinski definition) is 0. The van der Waals surface area contributed by atoms with E-state index in [0.29, 0.717) is 12.5 Å². The summed E-state index contributed by atoms with van der Waals surface area (Å²) >= 11 is 5.35. The molecule has 0 aliphatic carbocycles. The van der Waals surface area contributed by atoms with Gasteiger partial charge in [-0.2, -0.15) is 0 Å². The molecule has 1 atom stereocenters. The number of alkyl halides is 1. The van der Waals surface area contributed by atoms with E-state index in [1.165, 1.54) is 0 Å². The molecule has 11 heavy (non-hydrogen) atoms. The maximum atomic E-state index is 11.0. The van der Waals surface area contributed by atoms with Crippen LogP contribution < -0.4 is 0 Å². The number of carbonyl (C=O) groups is 1. The first-order valence-corrected chi connectivity index (χ1v) is 4.48. The molecule has 2 nitrogen and oxygen atoms in total. The van der Waals surface area contributed by atoms with Gasteiger partial charge in [0.15, 0.2) is 0 Å². The Morgan fingerprint density at radius 3 is 2.73 bits per heavy atom. The third-order valence-electron chi connectivity index (χ3n) is 1.45. The molecule has 0 aliphatic heterocycles. The van der Waals surface area contributed by atoms with Gasteiger partial charge in [-0.3, -0.25) is 4.79 Å². The summed E-state index contributed by atoms with van der Waals surface area (Å²) in [4.78, 5) is 11.0. The normalized spacial score (nSPS) is 12.6. The lowest BCUT2D eigenvalue weighted by Gasteiger charge is -2.08. The zero-order chi connectivity index (χ0) is 8.69. The highest BCUT2D eigenvalue weighted by molar-refractivity contribution is 6.18. The molecule has 0 rings (SSSR count). The average Bonchev–Trinajstić information content (AvgIpc) is 2.00. The Hall–Kier alpha value is -0.240. The summed E-state index contributed by atoms with van der Waals surface area (Å²) in [6.45, 7) is 4.25. The van der Waals surface area contributed by atoms with Gasteiger partial charge in [0.05, 0.1) is 11.8 Å². The van der Waals surface area contributed by atoms with Crippen molar-refractivity contribution in [2.24, 2.45) is 5.92 Å². The smallest absolute Gasteiger partial charge is 0.308 e. The van der Waals surface area contributed by atoms with Gasteiger partial charge in [-0.1, -0.05) is 20.3 Å². The van der Waals surface area contributed by atoms with E-state index in [2.05, 4.69) is 0 Å². The summed E-state index contributed by atoms with van der Waals surface area (Å²) in [5.74, 6) is 0.264. The number of carbonyl (C=O) groups excluding carboxylic acids is 1. The summed E-state index contributed by atoms with van der Waals surface area (Å²) in [6, 6.07) is 0. The van der Waals surface area contributed by atoms with Crippen LogP contribution in [-0.2, 0) is 9.53 Å². The minimum absolute atomic E-state index is 0.0169. The van der Waals surface area contributed by atoms with Crippen LogP contribution in [0.3, 0.4) is 0 Å². The Balaban J connectivity index is 3.47. The number of hydrogen-bond acceptors (Lipinski definition) is 2. The van der Waals surface area contributed by atoms with Crippen molar-refractivity contribution in [3.05, 3.63) is 0 Å². The van der Waals surface area contributed by atoms with Crippen LogP contribution in [-0.4, -0.2) is 18.5 Å². The second kappa shape index (κ2) is 6.47. The van der Waals surface area contributed by atoms with Crippen molar-refractivity contribution < 1.29 is 9.53 Å². The average molecular weight is 179 g/mol. The lowest BCUT2D eigenvalue weighted by atomic mass is 10.1. The van der Waals surface area contributed by atoms with Crippen LogP contribution in [0.4, 0.5) is 0 Å². The topological polar surface area (TPSA) is 26.3 Å². The van der Waals surface area contributed by atoms with E-state index in [1.807, 2.05) is 13.8 Å². The molecule has 0 aliphatic rings. The van der Waals surface area contributed by atoms with E-state index in [4.69, 9.17) is 16.3 Å². The summed E-state index contributed by atoms with van der Waals surface area (Å²) in [5, 5.41) is 0. The first-order chi connectivity index (χ1) is 5.22. The maximum Gasteiger partial charge on any atom is 0.308 e. The van der Waals surface area contributed by atoms with E-state index in [1.54, 1.807) is 0 Å². The SMILES string of the molecule is CCC[C@@H](C)C(=O)OCCCl. The first kappa shape index (κ1) is 10.8. The molecule has 0 aromatic heterocycles. The third-order valence-corrected chi connectivity index (χ3v) is 1.60. The summed E-state index contributed by atoms with van der Waals surface area (Å²) in [6.07, 6.45) is 1.90. The lowest BCUT2D eigenvalue weighted by molar-refractivity contribution is -0.147. The standard InChI is InChI=1S/C8H15ClO2/c1-3-4-7(2)8(10)11-6-5-9/h7H,3-6H2,1-2H3/t7-/m1/s1. The van der Waals surface area contributed by atoms with Gasteiger partial charge >= 0.3 is 5.97 Å². The molecule has 0 radical (unpaired) electrons. The van der Waals surface area contributed by atoms with Crippen LogP contribution in [0.5, 0.6) is 0 Å². The molecule has 0 fully saturated rings. The second-order valence-corrected chi connectivity index (χ2v) is 2.92. The molecule has 0 N–H and O–H groups in total. The van der Waals surface area contributed by atoms with Crippen LogP contribution >= 0.6 is 11.6 Å². The van der Waals surface area contributed by atoms with Gasteiger partial charge in [0.2, 0.25) is 0 Å². The van der Waals surface area contributed by atoms with Crippen LogP contribution in [0.25, 0.3) is 0 Å². The predicted octanol–water partition coefficient (Wildman–Crippen LogP) is 2.20. The van der Waals surface area contributed by atoms with E-state index >= 15 is 0 Å². The monoisotopic (exact) mass is 178 g/mol. The van der Waals surface area contributed by atoms with Crippen LogP contribution in [0, 0.1) is 5.92 Å². The van der Waals surface area contributed by atoms with E-state index in [-0.39, 0.29) is 11.9 Å². The number of rotatable bonds is 5. The van der Waals surface area contributed by atoms with Crippen molar-refractivity contribution >= 4 is 17.6 Å². The fourth-order valence-electron chi connectivity index (χ4n) is 0.832. The van der Waals surface area contributed by atoms with Gasteiger partial charge in [0, 0.05) is 0 Å². The highest BCUT2D eigenvalue weighted by Gasteiger charge is 2.11. The molecule has 0 saturated heterocycles. The fourth-order valence-corrected chi connectivity index (χ4v) is 0.909. The largest absolute Gasteiger partial charge is 0.464 e. The van der Waals surface area contributed by atoms with Crippen molar-refractivity contribution in [1.29, 1.82) is 0 Å². The van der Waals surface area contributed by atoms with Crippen molar-refractivity contribution in [1.82, 2.24) is 0 Å². The Morgan fingerprint density at radius 2 is 2.27 bits per heavy atom. The molecule has 0 aromatic carbocycles. The van der Waals surface area contributed by atoms with E-state index in [9.17, 15) is 4.79 Å². The molecule has 0 unspecified atom stereocenters. The summed E-state index contributed by atoms with van der Waals surface area (Å²) in [7, 11) is 0. The minimum atomic E-state index is -0.132. The first-order valence-electron chi connectivity index (χ1n) is 3.95. The van der Waals surface area contributed by atoms with Crippen LogP contribution in [0.15, 0.2) is 0 Å². The fraction of sp³-hybridized carbons (Fsp3) is 0.875. The van der Waals surface area contributed by atoms with Gasteiger partial charge in [-0.05, 0) is 6.42 Å². The summed E-state index contributed by atoms with van der Waals surface area (Å²) in [5.41, 5.74) is 0. The molecule has 0 heterocycles. The van der Waals surface area contributed by atoms with Gasteiger partial charge in [0.25, 0.3) is 0 Å². The molecular weight excluding hydrogens is 164 g/mol. The molecule has 0 bridgehead atoms. The van der Waals surface area contributed by atoms with Gasteiger partial charge in [0.1, 0.15) is 6.61 Å². The van der Waals surface area contributed by atoms with Gasteiger partial charge in [-0.25, -0.2) is 0 Å². The van der Waals surface area contributed by atoms with Crippen molar-refractivity contribution in [3.63, 3.8) is 0 Å². The van der Waals surface area contributed by atoms with Crippen molar-refractivity contribution in [2.45, 2.75) is 26.7 Å². The lowest BCUT2D eigenvalue weighted by Crippen LogP contribution is -2.15. The molecule has 3 heteroatoms.